The Hall–Kier alpha value is -3.81. The van der Waals surface area contributed by atoms with Crippen molar-refractivity contribution in [1.29, 1.82) is 5.41 Å². The summed E-state index contributed by atoms with van der Waals surface area (Å²) in [6.07, 6.45) is 7.13. The normalized spacial score (nSPS) is 16.9. The van der Waals surface area contributed by atoms with Crippen molar-refractivity contribution in [3.05, 3.63) is 113 Å². The summed E-state index contributed by atoms with van der Waals surface area (Å²) in [6.45, 7) is 12.7. The molecule has 0 bridgehead atoms. The van der Waals surface area contributed by atoms with E-state index in [1.54, 1.807) is 12.1 Å². The van der Waals surface area contributed by atoms with Gasteiger partial charge in [0.2, 0.25) is 0 Å². The molecule has 1 N–H and O–H groups in total. The number of nitrogens with one attached hydrogen (secondary N) is 1. The maximum Gasteiger partial charge on any atom is 0.123 e. The fourth-order valence-electron chi connectivity index (χ4n) is 6.04. The highest BCUT2D eigenvalue weighted by Crippen LogP contribution is 2.37. The SMILES string of the molecule is C=C(CCC1CC1)C(=Nc1ccccc1C)C1CCN(C(C)c2ccc(C(=N)c3cccc(F)c3)c(C#CC)c2)CC1. The second-order valence-corrected chi connectivity index (χ2v) is 11.9. The van der Waals surface area contributed by atoms with E-state index in [2.05, 4.69) is 73.6 Å². The lowest BCUT2D eigenvalue weighted by Crippen LogP contribution is -2.38. The zero-order valence-electron chi connectivity index (χ0n) is 25.2. The summed E-state index contributed by atoms with van der Waals surface area (Å²) in [7, 11) is 0. The number of piperidine rings is 1. The lowest BCUT2D eigenvalue weighted by Gasteiger charge is -2.37. The third-order valence-electron chi connectivity index (χ3n) is 8.90. The molecule has 0 radical (unpaired) electrons. The van der Waals surface area contributed by atoms with Crippen molar-refractivity contribution in [3.63, 3.8) is 0 Å². The predicted molar refractivity (Wildman–Crippen MR) is 173 cm³/mol. The maximum atomic E-state index is 13.8. The van der Waals surface area contributed by atoms with Gasteiger partial charge in [-0.1, -0.05) is 67.8 Å². The molecule has 1 aliphatic heterocycles. The number of para-hydroxylation sites is 1. The van der Waals surface area contributed by atoms with Gasteiger partial charge in [-0.05, 0) is 106 Å². The number of likely N-dealkylation sites (tertiary alicyclic amines) is 1. The molecule has 1 aliphatic carbocycles. The van der Waals surface area contributed by atoms with Crippen LogP contribution >= 0.6 is 0 Å². The largest absolute Gasteiger partial charge is 0.300 e. The first-order valence-electron chi connectivity index (χ1n) is 15.3. The van der Waals surface area contributed by atoms with Gasteiger partial charge in [-0.25, -0.2) is 4.39 Å². The standard InChI is InChI=1S/C38H42FN3/c1-5-9-32-24-31(18-19-35(32)37(40)33-11-8-12-34(39)25-33)28(4)42-22-20-30(21-23-42)38(27(3)14-15-29-16-17-29)41-36-13-7-6-10-26(36)2/h6-8,10-13,18-19,24-25,28-30,40H,3,14-17,20-23H2,1-2,4H3. The monoisotopic (exact) mass is 559 g/mol. The first-order chi connectivity index (χ1) is 20.3. The molecule has 1 heterocycles. The number of aryl methyl sites for hydroxylation is 1. The van der Waals surface area contributed by atoms with Crippen molar-refractivity contribution in [2.45, 2.75) is 65.3 Å². The van der Waals surface area contributed by atoms with E-state index < -0.39 is 0 Å². The zero-order chi connectivity index (χ0) is 29.6. The minimum atomic E-state index is -0.340. The summed E-state index contributed by atoms with van der Waals surface area (Å²) in [5.41, 5.74) is 8.25. The van der Waals surface area contributed by atoms with E-state index in [0.717, 1.165) is 55.1 Å². The van der Waals surface area contributed by atoms with Crippen LogP contribution in [0.5, 0.6) is 0 Å². The van der Waals surface area contributed by atoms with Gasteiger partial charge in [-0.15, -0.1) is 5.92 Å². The van der Waals surface area contributed by atoms with Crippen LogP contribution in [0.4, 0.5) is 10.1 Å². The second kappa shape index (κ2) is 13.4. The second-order valence-electron chi connectivity index (χ2n) is 11.9. The van der Waals surface area contributed by atoms with Crippen LogP contribution in [-0.2, 0) is 0 Å². The lowest BCUT2D eigenvalue weighted by atomic mass is 9.85. The van der Waals surface area contributed by atoms with Gasteiger partial charge >= 0.3 is 0 Å². The number of allylic oxidation sites excluding steroid dienone is 1. The Morgan fingerprint density at radius 2 is 1.81 bits per heavy atom. The summed E-state index contributed by atoms with van der Waals surface area (Å²) in [6, 6.07) is 21.0. The van der Waals surface area contributed by atoms with Crippen LogP contribution in [0.2, 0.25) is 0 Å². The van der Waals surface area contributed by atoms with Gasteiger partial charge < -0.3 is 0 Å². The molecule has 1 saturated heterocycles. The van der Waals surface area contributed by atoms with Gasteiger partial charge in [0.15, 0.2) is 0 Å². The van der Waals surface area contributed by atoms with E-state index in [-0.39, 0.29) is 17.6 Å². The van der Waals surface area contributed by atoms with Gasteiger partial charge in [0.25, 0.3) is 0 Å². The van der Waals surface area contributed by atoms with Gasteiger partial charge in [0.1, 0.15) is 5.82 Å². The molecular weight excluding hydrogens is 517 g/mol. The Labute approximate surface area is 251 Å². The van der Waals surface area contributed by atoms with Gasteiger partial charge in [0.05, 0.1) is 11.4 Å². The summed E-state index contributed by atoms with van der Waals surface area (Å²) >= 11 is 0. The quantitative estimate of drug-likeness (QED) is 0.195. The van der Waals surface area contributed by atoms with Gasteiger partial charge in [-0.3, -0.25) is 15.3 Å². The molecule has 0 spiro atoms. The molecule has 42 heavy (non-hydrogen) atoms. The molecule has 0 amide bonds. The lowest BCUT2D eigenvalue weighted by molar-refractivity contribution is 0.160. The Bertz CT molecular complexity index is 1540. The minimum Gasteiger partial charge on any atom is -0.300 e. The summed E-state index contributed by atoms with van der Waals surface area (Å²) in [4.78, 5) is 7.78. The number of hydrogen-bond donors (Lipinski definition) is 1. The first-order valence-corrected chi connectivity index (χ1v) is 15.3. The van der Waals surface area contributed by atoms with Crippen molar-refractivity contribution in [2.24, 2.45) is 16.8 Å². The zero-order valence-corrected chi connectivity index (χ0v) is 25.2. The van der Waals surface area contributed by atoms with E-state index in [1.165, 1.54) is 53.8 Å². The van der Waals surface area contributed by atoms with E-state index in [0.29, 0.717) is 11.5 Å². The number of nitrogens with zero attached hydrogens (tertiary/aromatic N) is 2. The molecule has 2 aliphatic rings. The number of aliphatic imine (C=N–C) groups is 1. The smallest absolute Gasteiger partial charge is 0.123 e. The molecule has 5 rings (SSSR count). The Kier molecular flexibility index (Phi) is 9.50. The molecule has 4 heteroatoms. The van der Waals surface area contributed by atoms with Crippen LogP contribution in [0.1, 0.15) is 86.2 Å². The maximum absolute atomic E-state index is 13.8. The predicted octanol–water partition coefficient (Wildman–Crippen LogP) is 9.21. The molecule has 1 unspecified atom stereocenters. The fraction of sp³-hybridized carbons (Fsp3) is 0.368. The third kappa shape index (κ3) is 7.15. The van der Waals surface area contributed by atoms with Crippen molar-refractivity contribution < 1.29 is 4.39 Å². The number of hydrogen-bond acceptors (Lipinski definition) is 3. The Morgan fingerprint density at radius 3 is 2.50 bits per heavy atom. The highest BCUT2D eigenvalue weighted by Gasteiger charge is 2.29. The molecule has 3 aromatic carbocycles. The van der Waals surface area contributed by atoms with Crippen molar-refractivity contribution in [1.82, 2.24) is 4.90 Å². The number of benzene rings is 3. The van der Waals surface area contributed by atoms with Crippen LogP contribution in [0.25, 0.3) is 0 Å². The van der Waals surface area contributed by atoms with Crippen molar-refractivity contribution in [3.8, 4) is 11.8 Å². The van der Waals surface area contributed by atoms with Crippen molar-refractivity contribution >= 4 is 17.1 Å². The molecule has 0 aromatic heterocycles. The van der Waals surface area contributed by atoms with Crippen LogP contribution < -0.4 is 0 Å². The number of rotatable bonds is 10. The molecule has 3 nitrogen and oxygen atoms in total. The number of halogens is 1. The van der Waals surface area contributed by atoms with Gasteiger partial charge in [-0.2, -0.15) is 0 Å². The Morgan fingerprint density at radius 1 is 1.05 bits per heavy atom. The fourth-order valence-corrected chi connectivity index (χ4v) is 6.04. The first kappa shape index (κ1) is 29.7. The molecule has 3 aromatic rings. The molecule has 216 valence electrons. The van der Waals surface area contributed by atoms with E-state index >= 15 is 0 Å². The van der Waals surface area contributed by atoms with Crippen LogP contribution in [-0.4, -0.2) is 29.4 Å². The average Bonchev–Trinajstić information content (AvgIpc) is 3.84. The summed E-state index contributed by atoms with van der Waals surface area (Å²) in [5.74, 6) is 7.16. The highest BCUT2D eigenvalue weighted by molar-refractivity contribution is 6.12. The summed E-state index contributed by atoms with van der Waals surface area (Å²) < 4.78 is 13.8. The van der Waals surface area contributed by atoms with Crippen molar-refractivity contribution in [2.75, 3.05) is 13.1 Å². The molecular formula is C38H42FN3. The molecule has 2 fully saturated rings. The van der Waals surface area contributed by atoms with Crippen LogP contribution in [0.15, 0.2) is 83.9 Å². The topological polar surface area (TPSA) is 39.5 Å². The van der Waals surface area contributed by atoms with E-state index in [4.69, 9.17) is 10.4 Å². The Balaban J connectivity index is 1.31. The van der Waals surface area contributed by atoms with Crippen LogP contribution in [0, 0.1) is 41.8 Å². The van der Waals surface area contributed by atoms with E-state index in [1.807, 2.05) is 13.0 Å². The molecule has 1 atom stereocenters. The van der Waals surface area contributed by atoms with Gasteiger partial charge in [0, 0.05) is 34.4 Å². The highest BCUT2D eigenvalue weighted by atomic mass is 19.1. The summed E-state index contributed by atoms with van der Waals surface area (Å²) in [5, 5.41) is 8.74. The third-order valence-corrected chi connectivity index (χ3v) is 8.90. The average molecular weight is 560 g/mol. The molecule has 1 saturated carbocycles. The minimum absolute atomic E-state index is 0.218. The van der Waals surface area contributed by atoms with Crippen LogP contribution in [0.3, 0.4) is 0 Å². The van der Waals surface area contributed by atoms with E-state index in [9.17, 15) is 4.39 Å².